The molecule has 26 heavy (non-hydrogen) atoms. The number of benzene rings is 2. The fourth-order valence-corrected chi connectivity index (χ4v) is 2.34. The van der Waals surface area contributed by atoms with Crippen LogP contribution in [0.3, 0.4) is 0 Å². The molecule has 0 radical (unpaired) electrons. The summed E-state index contributed by atoms with van der Waals surface area (Å²) in [5.41, 5.74) is 1.52. The second kappa shape index (κ2) is 7.56. The normalized spacial score (nSPS) is 10.3. The van der Waals surface area contributed by atoms with E-state index in [0.29, 0.717) is 17.2 Å². The van der Waals surface area contributed by atoms with E-state index in [4.69, 9.17) is 14.2 Å². The summed E-state index contributed by atoms with van der Waals surface area (Å²) in [4.78, 5) is 12.4. The number of methoxy groups -OCH3 is 3. The van der Waals surface area contributed by atoms with Gasteiger partial charge in [-0.2, -0.15) is 0 Å². The maximum atomic E-state index is 12.4. The van der Waals surface area contributed by atoms with Crippen LogP contribution in [0.1, 0.15) is 10.5 Å². The van der Waals surface area contributed by atoms with E-state index in [2.05, 4.69) is 15.6 Å². The molecule has 0 aliphatic rings. The standard InChI is InChI=1S/C18H18N4O4/c1-24-14-7-5-13(6-8-14)22-11-15(20-21-22)18(23)19-12-4-9-16(25-2)17(10-12)26-3/h4-11H,1-3H3,(H,19,23). The van der Waals surface area contributed by atoms with Gasteiger partial charge in [-0.15, -0.1) is 5.10 Å². The molecule has 2 aromatic carbocycles. The number of carbonyl (C=O) groups excluding carboxylic acids is 1. The number of hydrogen-bond acceptors (Lipinski definition) is 6. The quantitative estimate of drug-likeness (QED) is 0.732. The maximum Gasteiger partial charge on any atom is 0.277 e. The Kier molecular flexibility index (Phi) is 5.02. The molecule has 134 valence electrons. The summed E-state index contributed by atoms with van der Waals surface area (Å²) < 4.78 is 17.0. The molecule has 0 fully saturated rings. The van der Waals surface area contributed by atoms with E-state index in [9.17, 15) is 4.79 Å². The zero-order valence-corrected chi connectivity index (χ0v) is 14.6. The third-order valence-electron chi connectivity index (χ3n) is 3.70. The van der Waals surface area contributed by atoms with Gasteiger partial charge in [0.25, 0.3) is 5.91 Å². The number of anilines is 1. The first kappa shape index (κ1) is 17.3. The van der Waals surface area contributed by atoms with E-state index >= 15 is 0 Å². The highest BCUT2D eigenvalue weighted by Crippen LogP contribution is 2.29. The lowest BCUT2D eigenvalue weighted by Gasteiger charge is -2.09. The Morgan fingerprint density at radius 3 is 2.35 bits per heavy atom. The number of aromatic nitrogens is 3. The monoisotopic (exact) mass is 354 g/mol. The highest BCUT2D eigenvalue weighted by atomic mass is 16.5. The van der Waals surface area contributed by atoms with Crippen molar-refractivity contribution in [2.75, 3.05) is 26.6 Å². The molecule has 0 aliphatic carbocycles. The predicted molar refractivity (Wildman–Crippen MR) is 95.4 cm³/mol. The van der Waals surface area contributed by atoms with Crippen LogP contribution in [0.5, 0.6) is 17.2 Å². The Morgan fingerprint density at radius 2 is 1.69 bits per heavy atom. The minimum absolute atomic E-state index is 0.190. The highest BCUT2D eigenvalue weighted by Gasteiger charge is 2.13. The van der Waals surface area contributed by atoms with E-state index in [1.807, 2.05) is 12.1 Å². The Bertz CT molecular complexity index is 906. The number of hydrogen-bond donors (Lipinski definition) is 1. The Balaban J connectivity index is 1.75. The Morgan fingerprint density at radius 1 is 0.962 bits per heavy atom. The molecule has 0 bridgehead atoms. The molecule has 1 heterocycles. The SMILES string of the molecule is COc1ccc(-n2cc(C(=O)Nc3ccc(OC)c(OC)c3)nn2)cc1. The van der Waals surface area contributed by atoms with Crippen LogP contribution in [-0.2, 0) is 0 Å². The van der Waals surface area contributed by atoms with Crippen molar-refractivity contribution in [2.45, 2.75) is 0 Å². The van der Waals surface area contributed by atoms with Crippen molar-refractivity contribution in [1.29, 1.82) is 0 Å². The molecule has 3 aromatic rings. The minimum atomic E-state index is -0.378. The van der Waals surface area contributed by atoms with Crippen molar-refractivity contribution in [3.05, 3.63) is 54.4 Å². The molecule has 0 spiro atoms. The summed E-state index contributed by atoms with van der Waals surface area (Å²) in [6, 6.07) is 12.4. The van der Waals surface area contributed by atoms with Gasteiger partial charge in [-0.3, -0.25) is 4.79 Å². The lowest BCUT2D eigenvalue weighted by molar-refractivity contribution is 0.102. The van der Waals surface area contributed by atoms with Gasteiger partial charge in [-0.1, -0.05) is 5.21 Å². The minimum Gasteiger partial charge on any atom is -0.497 e. The van der Waals surface area contributed by atoms with Gasteiger partial charge in [0.05, 0.1) is 33.2 Å². The third-order valence-corrected chi connectivity index (χ3v) is 3.70. The summed E-state index contributed by atoms with van der Waals surface area (Å²) in [5, 5.41) is 10.7. The van der Waals surface area contributed by atoms with E-state index in [-0.39, 0.29) is 11.6 Å². The molecule has 8 nitrogen and oxygen atoms in total. The second-order valence-electron chi connectivity index (χ2n) is 5.27. The molecule has 0 saturated carbocycles. The van der Waals surface area contributed by atoms with Gasteiger partial charge in [0.1, 0.15) is 5.75 Å². The van der Waals surface area contributed by atoms with Crippen molar-refractivity contribution in [3.8, 4) is 22.9 Å². The van der Waals surface area contributed by atoms with Crippen LogP contribution in [0.2, 0.25) is 0 Å². The van der Waals surface area contributed by atoms with Crippen LogP contribution in [0.15, 0.2) is 48.7 Å². The van der Waals surface area contributed by atoms with Crippen LogP contribution in [0.25, 0.3) is 5.69 Å². The molecule has 0 atom stereocenters. The topological polar surface area (TPSA) is 87.5 Å². The van der Waals surface area contributed by atoms with E-state index in [1.54, 1.807) is 50.7 Å². The fourth-order valence-electron chi connectivity index (χ4n) is 2.34. The van der Waals surface area contributed by atoms with Crippen molar-refractivity contribution < 1.29 is 19.0 Å². The molecular formula is C18H18N4O4. The number of amides is 1. The maximum absolute atomic E-state index is 12.4. The van der Waals surface area contributed by atoms with Crippen LogP contribution < -0.4 is 19.5 Å². The van der Waals surface area contributed by atoms with Gasteiger partial charge in [0, 0.05) is 11.8 Å². The summed E-state index contributed by atoms with van der Waals surface area (Å²) in [7, 11) is 4.68. The summed E-state index contributed by atoms with van der Waals surface area (Å²) in [5.74, 6) is 1.46. The Labute approximate surface area is 150 Å². The molecule has 1 aromatic heterocycles. The van der Waals surface area contributed by atoms with Crippen molar-refractivity contribution in [3.63, 3.8) is 0 Å². The largest absolute Gasteiger partial charge is 0.497 e. The molecule has 0 unspecified atom stereocenters. The van der Waals surface area contributed by atoms with Crippen LogP contribution in [-0.4, -0.2) is 42.2 Å². The molecule has 3 rings (SSSR count). The van der Waals surface area contributed by atoms with Crippen molar-refractivity contribution >= 4 is 11.6 Å². The fraction of sp³-hybridized carbons (Fsp3) is 0.167. The molecule has 1 N–H and O–H groups in total. The molecule has 1 amide bonds. The van der Waals surface area contributed by atoms with Gasteiger partial charge < -0.3 is 19.5 Å². The van der Waals surface area contributed by atoms with Gasteiger partial charge in [0.15, 0.2) is 17.2 Å². The van der Waals surface area contributed by atoms with Crippen molar-refractivity contribution in [1.82, 2.24) is 15.0 Å². The first-order chi connectivity index (χ1) is 12.6. The van der Waals surface area contributed by atoms with Crippen LogP contribution >= 0.6 is 0 Å². The number of carbonyl (C=O) groups is 1. The summed E-state index contributed by atoms with van der Waals surface area (Å²) in [6.07, 6.45) is 1.55. The average molecular weight is 354 g/mol. The number of rotatable bonds is 6. The Hall–Kier alpha value is -3.55. The van der Waals surface area contributed by atoms with Crippen molar-refractivity contribution in [2.24, 2.45) is 0 Å². The summed E-state index contributed by atoms with van der Waals surface area (Å²) >= 11 is 0. The second-order valence-corrected chi connectivity index (χ2v) is 5.27. The number of ether oxygens (including phenoxy) is 3. The first-order valence-electron chi connectivity index (χ1n) is 7.74. The van der Waals surface area contributed by atoms with Gasteiger partial charge >= 0.3 is 0 Å². The van der Waals surface area contributed by atoms with Crippen LogP contribution in [0.4, 0.5) is 5.69 Å². The number of nitrogens with one attached hydrogen (secondary N) is 1. The van der Waals surface area contributed by atoms with Crippen LogP contribution in [0, 0.1) is 0 Å². The van der Waals surface area contributed by atoms with E-state index in [1.165, 1.54) is 11.8 Å². The molecule has 0 aliphatic heterocycles. The van der Waals surface area contributed by atoms with E-state index in [0.717, 1.165) is 11.4 Å². The lowest BCUT2D eigenvalue weighted by atomic mass is 10.2. The zero-order chi connectivity index (χ0) is 18.5. The van der Waals surface area contributed by atoms with Gasteiger partial charge in [0.2, 0.25) is 0 Å². The molecular weight excluding hydrogens is 336 g/mol. The summed E-state index contributed by atoms with van der Waals surface area (Å²) in [6.45, 7) is 0. The molecule has 0 saturated heterocycles. The highest BCUT2D eigenvalue weighted by molar-refractivity contribution is 6.02. The smallest absolute Gasteiger partial charge is 0.277 e. The van der Waals surface area contributed by atoms with Gasteiger partial charge in [-0.25, -0.2) is 4.68 Å². The van der Waals surface area contributed by atoms with Gasteiger partial charge in [-0.05, 0) is 36.4 Å². The lowest BCUT2D eigenvalue weighted by Crippen LogP contribution is -2.12. The predicted octanol–water partition coefficient (Wildman–Crippen LogP) is 2.55. The first-order valence-corrected chi connectivity index (χ1v) is 7.74. The average Bonchev–Trinajstić information content (AvgIpc) is 3.18. The molecule has 8 heteroatoms. The number of nitrogens with zero attached hydrogens (tertiary/aromatic N) is 3. The third kappa shape index (κ3) is 3.59. The zero-order valence-electron chi connectivity index (χ0n) is 14.6. The van der Waals surface area contributed by atoms with E-state index < -0.39 is 0 Å².